The Kier molecular flexibility index (Phi) is 60.0. The van der Waals surface area contributed by atoms with E-state index in [1.165, 1.54) is 0 Å². The molecule has 0 spiro atoms. The van der Waals surface area contributed by atoms with E-state index in [1.807, 2.05) is 60.7 Å². The molecule has 0 saturated heterocycles. The van der Waals surface area contributed by atoms with Crippen LogP contribution in [0.25, 0.3) is 0 Å². The van der Waals surface area contributed by atoms with Crippen molar-refractivity contribution in [3.63, 3.8) is 0 Å². The van der Waals surface area contributed by atoms with Crippen LogP contribution in [0.5, 0.6) is 0 Å². The van der Waals surface area contributed by atoms with Gasteiger partial charge in [0.15, 0.2) is 0 Å². The molecule has 0 saturated carbocycles. The quantitative estimate of drug-likeness (QED) is 0.361. The monoisotopic (exact) mass is 354 g/mol. The maximum Gasteiger partial charge on any atom is 0 e. The van der Waals surface area contributed by atoms with Gasteiger partial charge < -0.3 is 29.7 Å². The first-order chi connectivity index (χ1) is 6.00. The second-order valence-electron chi connectivity index (χ2n) is 2.15. The first-order valence-electron chi connectivity index (χ1n) is 3.82. The second-order valence-corrected chi connectivity index (χ2v) is 2.15. The van der Waals surface area contributed by atoms with Gasteiger partial charge in [-0.25, -0.2) is 0 Å². The zero-order valence-corrected chi connectivity index (χ0v) is 14.8. The molecule has 0 bridgehead atoms. The molecule has 0 radical (unpaired) electrons. The van der Waals surface area contributed by atoms with E-state index < -0.39 is 0 Å². The fourth-order valence-corrected chi connectivity index (χ4v) is 0.684. The predicted octanol–water partition coefficient (Wildman–Crippen LogP) is 4.83. The summed E-state index contributed by atoms with van der Waals surface area (Å²) in [5.41, 5.74) is 0. The summed E-state index contributed by atoms with van der Waals surface area (Å²) in [5, 5.41) is 0. The van der Waals surface area contributed by atoms with Crippen molar-refractivity contribution < 1.29 is 20.4 Å². The van der Waals surface area contributed by atoms with Gasteiger partial charge in [-0.3, -0.25) is 0 Å². The molecule has 2 rings (SSSR count). The van der Waals surface area contributed by atoms with Crippen molar-refractivity contribution in [2.24, 2.45) is 0 Å². The van der Waals surface area contributed by atoms with Gasteiger partial charge in [-0.05, 0) is 0 Å². The standard InChI is InChI=1S/2C6H5.4CH3.H3P.Pd/c2*1-2-4-6-5-3-1;;;;;;/h2*1-5H;5*1H3;/q6*-1;;. The minimum atomic E-state index is 0. The number of hydrogen-bond acceptors (Lipinski definition) is 0. The molecule has 1 atom stereocenters. The van der Waals surface area contributed by atoms with Crippen LogP contribution in [0.3, 0.4) is 0 Å². The Bertz CT molecular complexity index is 186. The third-order valence-corrected chi connectivity index (χ3v) is 1.21. The van der Waals surface area contributed by atoms with Crippen molar-refractivity contribution in [3.05, 3.63) is 103 Å². The first-order valence-corrected chi connectivity index (χ1v) is 3.82. The molecular weight excluding hydrogens is 330 g/mol. The van der Waals surface area contributed by atoms with Crippen LogP contribution in [0.15, 0.2) is 60.7 Å². The molecule has 110 valence electrons. The number of hydrogen-bond donors (Lipinski definition) is 0. The molecule has 0 aromatic heterocycles. The van der Waals surface area contributed by atoms with E-state index in [0.717, 1.165) is 0 Å². The maximum absolute atomic E-state index is 2.89. The Morgan fingerprint density at radius 1 is 0.444 bits per heavy atom. The van der Waals surface area contributed by atoms with Crippen molar-refractivity contribution in [2.75, 3.05) is 0 Å². The van der Waals surface area contributed by atoms with E-state index >= 15 is 0 Å². The molecule has 0 aliphatic heterocycles. The van der Waals surface area contributed by atoms with E-state index in [9.17, 15) is 0 Å². The molecule has 18 heavy (non-hydrogen) atoms. The Balaban J connectivity index is -0.0000000300. The predicted molar refractivity (Wildman–Crippen MR) is 87.3 cm³/mol. The van der Waals surface area contributed by atoms with Gasteiger partial charge in [-0.2, -0.15) is 82.7 Å². The molecule has 0 N–H and O–H groups in total. The zero-order chi connectivity index (χ0) is 8.49. The van der Waals surface area contributed by atoms with Gasteiger partial charge in [0.05, 0.1) is 0 Å². The van der Waals surface area contributed by atoms with Crippen LogP contribution in [0.2, 0.25) is 0 Å². The molecule has 0 nitrogen and oxygen atoms in total. The molecule has 0 heterocycles. The third kappa shape index (κ3) is 24.7. The Morgan fingerprint density at radius 3 is 0.722 bits per heavy atom. The van der Waals surface area contributed by atoms with Crippen molar-refractivity contribution >= 4 is 9.90 Å². The Morgan fingerprint density at radius 2 is 0.667 bits per heavy atom. The van der Waals surface area contributed by atoms with Crippen molar-refractivity contribution in [1.82, 2.24) is 0 Å². The molecule has 1 unspecified atom stereocenters. The summed E-state index contributed by atoms with van der Waals surface area (Å²) in [6.45, 7) is 0. The van der Waals surface area contributed by atoms with Gasteiger partial charge in [-0.1, -0.05) is 0 Å². The zero-order valence-electron chi connectivity index (χ0n) is 11.8. The molecular formula is C16H25PPd-6. The molecule has 2 aromatic rings. The average molecular weight is 355 g/mol. The largest absolute Gasteiger partial charge is 0.358 e. The topological polar surface area (TPSA) is 0 Å². The average Bonchev–Trinajstić information content (AvgIpc) is 2.24. The fraction of sp³-hybridized carbons (Fsp3) is 0. The number of rotatable bonds is 0. The molecule has 0 fully saturated rings. The molecule has 0 aliphatic carbocycles. The molecule has 0 aliphatic rings. The third-order valence-electron chi connectivity index (χ3n) is 1.21. The van der Waals surface area contributed by atoms with E-state index in [2.05, 4.69) is 12.1 Å². The summed E-state index contributed by atoms with van der Waals surface area (Å²) in [4.78, 5) is 0. The Hall–Kier alpha value is -0.468. The van der Waals surface area contributed by atoms with Crippen LogP contribution < -0.4 is 0 Å². The second kappa shape index (κ2) is 30.0. The van der Waals surface area contributed by atoms with Gasteiger partial charge in [0.2, 0.25) is 0 Å². The van der Waals surface area contributed by atoms with Crippen molar-refractivity contribution in [2.45, 2.75) is 0 Å². The summed E-state index contributed by atoms with van der Waals surface area (Å²) in [5.74, 6) is 0. The minimum absolute atomic E-state index is 0. The van der Waals surface area contributed by atoms with Crippen LogP contribution in [0.4, 0.5) is 0 Å². The van der Waals surface area contributed by atoms with Crippen LogP contribution in [-0.4, -0.2) is 0 Å². The van der Waals surface area contributed by atoms with E-state index in [-0.39, 0.29) is 60.0 Å². The van der Waals surface area contributed by atoms with Gasteiger partial charge >= 0.3 is 0 Å². The summed E-state index contributed by atoms with van der Waals surface area (Å²) < 4.78 is 0. The smallest absolute Gasteiger partial charge is 0 e. The summed E-state index contributed by atoms with van der Waals surface area (Å²) in [6, 6.07) is 25.0. The maximum atomic E-state index is 2.89. The van der Waals surface area contributed by atoms with Gasteiger partial charge in [0.25, 0.3) is 0 Å². The number of benzene rings is 2. The first kappa shape index (κ1) is 36.0. The van der Waals surface area contributed by atoms with E-state index in [0.29, 0.717) is 0 Å². The normalized spacial score (nSPS) is 5.33. The summed E-state index contributed by atoms with van der Waals surface area (Å²) in [6.07, 6.45) is 0. The van der Waals surface area contributed by atoms with Crippen LogP contribution in [0.1, 0.15) is 0 Å². The molecule has 0 amide bonds. The summed E-state index contributed by atoms with van der Waals surface area (Å²) >= 11 is 0. The molecule has 2 heteroatoms. The van der Waals surface area contributed by atoms with E-state index in [4.69, 9.17) is 0 Å². The van der Waals surface area contributed by atoms with E-state index in [1.54, 1.807) is 0 Å². The fourth-order valence-electron chi connectivity index (χ4n) is 0.684. The van der Waals surface area contributed by atoms with Crippen LogP contribution >= 0.6 is 9.90 Å². The van der Waals surface area contributed by atoms with Crippen LogP contribution in [-0.2, 0) is 20.4 Å². The Labute approximate surface area is 133 Å². The van der Waals surface area contributed by atoms with Gasteiger partial charge in [-0.15, -0.1) is 0 Å². The SMILES string of the molecule is P.[CH3-].[CH3-].[CH3-].[CH3-].[Pd].[c-]1ccccc1.[c-]1ccccc1. The van der Waals surface area contributed by atoms with Gasteiger partial charge in [0, 0.05) is 20.4 Å². The van der Waals surface area contributed by atoms with Gasteiger partial charge in [0.1, 0.15) is 0 Å². The molecule has 2 aromatic carbocycles. The minimum Gasteiger partial charge on any atom is -0.358 e. The summed E-state index contributed by atoms with van der Waals surface area (Å²) in [7, 11) is 0. The van der Waals surface area contributed by atoms with Crippen molar-refractivity contribution in [1.29, 1.82) is 0 Å². The van der Waals surface area contributed by atoms with Crippen molar-refractivity contribution in [3.8, 4) is 0 Å². The van der Waals surface area contributed by atoms with Crippen LogP contribution in [0, 0.1) is 41.8 Å².